The summed E-state index contributed by atoms with van der Waals surface area (Å²) in [6.07, 6.45) is 5.96. The topological polar surface area (TPSA) is 12.5 Å². The molecule has 0 bridgehead atoms. The van der Waals surface area contributed by atoms with Gasteiger partial charge in [-0.3, -0.25) is 0 Å². The van der Waals surface area contributed by atoms with Crippen molar-refractivity contribution >= 4 is 25.8 Å². The molecule has 1 unspecified atom stereocenters. The number of likely N-dealkylation sites (N-methyl/N-ethyl adjacent to an activating group) is 1. The van der Waals surface area contributed by atoms with E-state index in [2.05, 4.69) is 32.7 Å². The first-order valence-corrected chi connectivity index (χ1v) is 8.79. The average Bonchev–Trinajstić information content (AvgIpc) is 2.26. The zero-order chi connectivity index (χ0) is 12.1. The van der Waals surface area contributed by atoms with Gasteiger partial charge in [0, 0.05) is 0 Å². The summed E-state index contributed by atoms with van der Waals surface area (Å²) in [6, 6.07) is 1.14. The predicted octanol–water partition coefficient (Wildman–Crippen LogP) is 2.63. The summed E-state index contributed by atoms with van der Waals surface area (Å²) in [5.74, 6) is 0. The third kappa shape index (κ3) is 5.00. The number of hydrogen-bond acceptors (Lipinski definition) is 2. The van der Waals surface area contributed by atoms with Crippen LogP contribution in [0.4, 0.5) is 0 Å². The summed E-state index contributed by atoms with van der Waals surface area (Å²) in [5.41, 5.74) is 0. The van der Waals surface area contributed by atoms with Gasteiger partial charge in [0.15, 0.2) is 0 Å². The van der Waals surface area contributed by atoms with Crippen LogP contribution in [0.25, 0.3) is 0 Å². The third-order valence-corrected chi connectivity index (χ3v) is 6.00. The predicted molar refractivity (Wildman–Crippen MR) is 70.1 cm³/mol. The van der Waals surface area contributed by atoms with Crippen molar-refractivity contribution in [2.75, 3.05) is 13.7 Å². The maximum atomic E-state index is 6.04. The summed E-state index contributed by atoms with van der Waals surface area (Å²) in [4.78, 5) is 2.39. The zero-order valence-corrected chi connectivity index (χ0v) is 15.1. The second-order valence-electron chi connectivity index (χ2n) is 5.42. The molecule has 1 aliphatic rings. The molecule has 1 fully saturated rings. The molecule has 2 nitrogen and oxygen atoms in total. The monoisotopic (exact) mass is 420 g/mol. The summed E-state index contributed by atoms with van der Waals surface area (Å²) >= 11 is 1.37. The van der Waals surface area contributed by atoms with Crippen LogP contribution < -0.4 is 0 Å². The standard InChI is InChI=1S/C13H26NO.Pb/c1-11(2)14(4)12(3)10-15-13-8-6-5-7-9-13;/h5,11-13H,6-10H2,1-4H3;. The van der Waals surface area contributed by atoms with Crippen molar-refractivity contribution in [3.63, 3.8) is 0 Å². The molecule has 1 rings (SSSR count). The Labute approximate surface area is 117 Å². The first kappa shape index (κ1) is 14.9. The Balaban J connectivity index is 2.19. The van der Waals surface area contributed by atoms with Crippen molar-refractivity contribution in [1.82, 2.24) is 4.90 Å². The summed E-state index contributed by atoms with van der Waals surface area (Å²) in [5, 5.41) is 0. The van der Waals surface area contributed by atoms with E-state index in [4.69, 9.17) is 4.74 Å². The Bertz CT molecular complexity index is 190. The Hall–Kier alpha value is 0.842. The average molecular weight is 420 g/mol. The third-order valence-electron chi connectivity index (χ3n) is 3.76. The summed E-state index contributed by atoms with van der Waals surface area (Å²) in [7, 11) is 2.19. The maximum absolute atomic E-state index is 6.04. The van der Waals surface area contributed by atoms with Crippen molar-refractivity contribution < 1.29 is 4.74 Å². The van der Waals surface area contributed by atoms with Crippen LogP contribution in [-0.2, 0) is 4.74 Å². The van der Waals surface area contributed by atoms with E-state index >= 15 is 0 Å². The van der Waals surface area contributed by atoms with Crippen LogP contribution >= 0.6 is 0 Å². The van der Waals surface area contributed by atoms with Gasteiger partial charge in [-0.2, -0.15) is 0 Å². The van der Waals surface area contributed by atoms with Crippen LogP contribution in [0.3, 0.4) is 0 Å². The van der Waals surface area contributed by atoms with Crippen LogP contribution in [0.2, 0.25) is 3.48 Å². The van der Waals surface area contributed by atoms with Crippen LogP contribution in [0, 0.1) is 0 Å². The molecule has 3 radical (unpaired) electrons. The van der Waals surface area contributed by atoms with Crippen molar-refractivity contribution in [3.8, 4) is 0 Å². The van der Waals surface area contributed by atoms with Crippen LogP contribution in [-0.4, -0.2) is 62.5 Å². The Morgan fingerprint density at radius 2 is 1.75 bits per heavy atom. The molecule has 1 saturated carbocycles. The SMILES string of the molecule is CC(C)N(C)C(C)COC1CC[CH]([Pb])CC1. The van der Waals surface area contributed by atoms with E-state index in [1.54, 1.807) is 0 Å². The number of ether oxygens (including phenoxy) is 1. The van der Waals surface area contributed by atoms with E-state index < -0.39 is 0 Å². The van der Waals surface area contributed by atoms with Gasteiger partial charge in [-0.05, 0) is 0 Å². The van der Waals surface area contributed by atoms with E-state index in [1.165, 1.54) is 51.5 Å². The fourth-order valence-corrected chi connectivity index (χ4v) is 3.43. The van der Waals surface area contributed by atoms with E-state index in [1.807, 2.05) is 0 Å². The van der Waals surface area contributed by atoms with Gasteiger partial charge in [0.25, 0.3) is 0 Å². The van der Waals surface area contributed by atoms with Crippen LogP contribution in [0.15, 0.2) is 0 Å². The molecule has 3 heteroatoms. The van der Waals surface area contributed by atoms with Gasteiger partial charge in [-0.1, -0.05) is 0 Å². The first-order valence-electron chi connectivity index (χ1n) is 6.55. The van der Waals surface area contributed by atoms with Crippen molar-refractivity contribution in [2.24, 2.45) is 0 Å². The summed E-state index contributed by atoms with van der Waals surface area (Å²) < 4.78 is 7.09. The van der Waals surface area contributed by atoms with E-state index in [9.17, 15) is 0 Å². The molecule has 0 aliphatic heterocycles. The second kappa shape index (κ2) is 7.31. The molecule has 0 N–H and O–H groups in total. The molecule has 16 heavy (non-hydrogen) atoms. The molecule has 0 aromatic heterocycles. The molecule has 1 atom stereocenters. The van der Waals surface area contributed by atoms with E-state index in [0.717, 1.165) is 10.1 Å². The van der Waals surface area contributed by atoms with Gasteiger partial charge in [-0.15, -0.1) is 0 Å². The van der Waals surface area contributed by atoms with Crippen molar-refractivity contribution in [2.45, 2.75) is 68.1 Å². The normalized spacial score (nSPS) is 28.7. The van der Waals surface area contributed by atoms with Gasteiger partial charge in [0.1, 0.15) is 0 Å². The minimum absolute atomic E-state index is 0.536. The molecule has 0 aromatic rings. The van der Waals surface area contributed by atoms with Gasteiger partial charge in [-0.25, -0.2) is 0 Å². The zero-order valence-electron chi connectivity index (χ0n) is 11.2. The minimum atomic E-state index is 0.536. The second-order valence-corrected chi connectivity index (χ2v) is 8.59. The fraction of sp³-hybridized carbons (Fsp3) is 1.00. The molecular weight excluding hydrogens is 393 g/mol. The van der Waals surface area contributed by atoms with Gasteiger partial charge in [0.05, 0.1) is 0 Å². The van der Waals surface area contributed by atoms with Gasteiger partial charge in [0.2, 0.25) is 0 Å². The molecule has 93 valence electrons. The Kier molecular flexibility index (Phi) is 6.81. The molecule has 0 saturated heterocycles. The number of rotatable bonds is 5. The quantitative estimate of drug-likeness (QED) is 0.636. The van der Waals surface area contributed by atoms with Crippen molar-refractivity contribution in [1.29, 1.82) is 0 Å². The molecule has 0 spiro atoms. The molecular formula is C13H26NOPb. The van der Waals surface area contributed by atoms with Crippen LogP contribution in [0.1, 0.15) is 46.5 Å². The molecule has 1 aliphatic carbocycles. The Morgan fingerprint density at radius 3 is 2.25 bits per heavy atom. The number of nitrogens with zero attached hydrogens (tertiary/aromatic N) is 1. The van der Waals surface area contributed by atoms with Crippen LogP contribution in [0.5, 0.6) is 0 Å². The van der Waals surface area contributed by atoms with Gasteiger partial charge >= 0.3 is 117 Å². The molecule has 0 amide bonds. The van der Waals surface area contributed by atoms with Crippen molar-refractivity contribution in [3.05, 3.63) is 0 Å². The van der Waals surface area contributed by atoms with E-state index in [-0.39, 0.29) is 0 Å². The van der Waals surface area contributed by atoms with Gasteiger partial charge < -0.3 is 0 Å². The first-order chi connectivity index (χ1) is 7.50. The fourth-order valence-electron chi connectivity index (χ4n) is 2.13. The molecule has 0 heterocycles. The number of hydrogen-bond donors (Lipinski definition) is 0. The van der Waals surface area contributed by atoms with E-state index in [0.29, 0.717) is 18.2 Å². The Morgan fingerprint density at radius 1 is 1.19 bits per heavy atom. The summed E-state index contributed by atoms with van der Waals surface area (Å²) in [6.45, 7) is 7.64. The molecule has 0 aromatic carbocycles.